The maximum Gasteiger partial charge on any atom is 0.226 e. The molecule has 1 heterocycles. The highest BCUT2D eigenvalue weighted by Gasteiger charge is 2.10. The SMILES string of the molecule is CC(C)CC(=O)Nc1nnc(SCc2cccc(Cl)c2)s1. The van der Waals surface area contributed by atoms with Crippen LogP contribution in [0.5, 0.6) is 0 Å². The van der Waals surface area contributed by atoms with Crippen LogP contribution in [0.25, 0.3) is 0 Å². The molecule has 0 aliphatic rings. The van der Waals surface area contributed by atoms with Crippen molar-refractivity contribution < 1.29 is 4.79 Å². The van der Waals surface area contributed by atoms with Crippen molar-refractivity contribution in [3.8, 4) is 0 Å². The molecule has 0 bridgehead atoms. The predicted octanol–water partition coefficient (Wildman–Crippen LogP) is 4.47. The second-order valence-electron chi connectivity index (χ2n) is 4.94. The van der Waals surface area contributed by atoms with Gasteiger partial charge in [0.05, 0.1) is 0 Å². The molecule has 0 saturated carbocycles. The Kier molecular flexibility index (Phi) is 6.02. The molecule has 4 nitrogen and oxygen atoms in total. The van der Waals surface area contributed by atoms with E-state index in [1.54, 1.807) is 11.8 Å². The lowest BCUT2D eigenvalue weighted by Gasteiger charge is -2.02. The highest BCUT2D eigenvalue weighted by Crippen LogP contribution is 2.29. The summed E-state index contributed by atoms with van der Waals surface area (Å²) in [5.41, 5.74) is 1.13. The second-order valence-corrected chi connectivity index (χ2v) is 7.57. The molecule has 21 heavy (non-hydrogen) atoms. The molecule has 112 valence electrons. The fraction of sp³-hybridized carbons (Fsp3) is 0.357. The van der Waals surface area contributed by atoms with Crippen LogP contribution in [0.1, 0.15) is 25.8 Å². The van der Waals surface area contributed by atoms with Gasteiger partial charge in [0.15, 0.2) is 4.34 Å². The summed E-state index contributed by atoms with van der Waals surface area (Å²) in [7, 11) is 0. The largest absolute Gasteiger partial charge is 0.300 e. The molecule has 0 saturated heterocycles. The molecule has 0 atom stereocenters. The van der Waals surface area contributed by atoms with Gasteiger partial charge in [-0.1, -0.05) is 60.7 Å². The molecule has 1 N–H and O–H groups in total. The molecule has 0 radical (unpaired) electrons. The average Bonchev–Trinajstić information content (AvgIpc) is 2.83. The Morgan fingerprint density at radius 1 is 1.43 bits per heavy atom. The van der Waals surface area contributed by atoms with E-state index in [0.29, 0.717) is 17.5 Å². The summed E-state index contributed by atoms with van der Waals surface area (Å²) < 4.78 is 0.829. The van der Waals surface area contributed by atoms with Crippen LogP contribution in [0, 0.1) is 5.92 Å². The molecule has 1 aromatic carbocycles. The van der Waals surface area contributed by atoms with Gasteiger partial charge in [0.25, 0.3) is 0 Å². The monoisotopic (exact) mass is 341 g/mol. The summed E-state index contributed by atoms with van der Waals surface area (Å²) in [6.07, 6.45) is 0.491. The first-order valence-electron chi connectivity index (χ1n) is 6.53. The molecular weight excluding hydrogens is 326 g/mol. The molecule has 0 aliphatic heterocycles. The van der Waals surface area contributed by atoms with Crippen molar-refractivity contribution in [3.63, 3.8) is 0 Å². The summed E-state index contributed by atoms with van der Waals surface area (Å²) >= 11 is 8.91. The van der Waals surface area contributed by atoms with Crippen LogP contribution in [-0.4, -0.2) is 16.1 Å². The van der Waals surface area contributed by atoms with E-state index in [9.17, 15) is 4.79 Å². The number of amides is 1. The molecule has 0 unspecified atom stereocenters. The number of benzene rings is 1. The predicted molar refractivity (Wildman–Crippen MR) is 89.0 cm³/mol. The zero-order valence-corrected chi connectivity index (χ0v) is 14.2. The van der Waals surface area contributed by atoms with E-state index in [-0.39, 0.29) is 5.91 Å². The number of aromatic nitrogens is 2. The summed E-state index contributed by atoms with van der Waals surface area (Å²) in [5, 5.41) is 12.1. The van der Waals surface area contributed by atoms with E-state index in [2.05, 4.69) is 15.5 Å². The fourth-order valence-corrected chi connectivity index (χ4v) is 3.56. The third-order valence-electron chi connectivity index (χ3n) is 2.50. The number of nitrogens with zero attached hydrogens (tertiary/aromatic N) is 2. The third kappa shape index (κ3) is 5.65. The van der Waals surface area contributed by atoms with E-state index < -0.39 is 0 Å². The number of rotatable bonds is 6. The van der Waals surface area contributed by atoms with Gasteiger partial charge in [-0.05, 0) is 23.6 Å². The van der Waals surface area contributed by atoms with Crippen LogP contribution in [0.3, 0.4) is 0 Å². The summed E-state index contributed by atoms with van der Waals surface area (Å²) in [4.78, 5) is 11.7. The van der Waals surface area contributed by atoms with Gasteiger partial charge in [0.1, 0.15) is 0 Å². The van der Waals surface area contributed by atoms with Crippen molar-refractivity contribution in [2.75, 3.05) is 5.32 Å². The van der Waals surface area contributed by atoms with Crippen molar-refractivity contribution in [2.45, 2.75) is 30.4 Å². The van der Waals surface area contributed by atoms with Crippen molar-refractivity contribution in [3.05, 3.63) is 34.9 Å². The lowest BCUT2D eigenvalue weighted by Crippen LogP contribution is -2.13. The van der Waals surface area contributed by atoms with Gasteiger partial charge in [-0.3, -0.25) is 4.79 Å². The number of carbonyl (C=O) groups is 1. The number of carbonyl (C=O) groups excluding carboxylic acids is 1. The Labute approximate surface area is 137 Å². The minimum atomic E-state index is -0.0208. The maximum atomic E-state index is 11.7. The Morgan fingerprint density at radius 2 is 2.24 bits per heavy atom. The van der Waals surface area contributed by atoms with Gasteiger partial charge in [-0.2, -0.15) is 0 Å². The van der Waals surface area contributed by atoms with Gasteiger partial charge in [0, 0.05) is 17.2 Å². The number of hydrogen-bond donors (Lipinski definition) is 1. The number of anilines is 1. The van der Waals surface area contributed by atoms with Crippen LogP contribution in [0.15, 0.2) is 28.6 Å². The number of hydrogen-bond acceptors (Lipinski definition) is 5. The van der Waals surface area contributed by atoms with Crippen LogP contribution in [-0.2, 0) is 10.5 Å². The van der Waals surface area contributed by atoms with Crippen LogP contribution in [0.4, 0.5) is 5.13 Å². The quantitative estimate of drug-likeness (QED) is 0.622. The number of halogens is 1. The van der Waals surface area contributed by atoms with E-state index in [1.165, 1.54) is 11.3 Å². The normalized spacial score (nSPS) is 10.9. The van der Waals surface area contributed by atoms with Crippen molar-refractivity contribution >= 4 is 45.7 Å². The molecule has 1 aromatic heterocycles. The van der Waals surface area contributed by atoms with Gasteiger partial charge >= 0.3 is 0 Å². The first kappa shape index (κ1) is 16.3. The third-order valence-corrected chi connectivity index (χ3v) is 4.78. The van der Waals surface area contributed by atoms with Crippen molar-refractivity contribution in [1.82, 2.24) is 10.2 Å². The maximum absolute atomic E-state index is 11.7. The highest BCUT2D eigenvalue weighted by atomic mass is 35.5. The zero-order chi connectivity index (χ0) is 15.2. The van der Waals surface area contributed by atoms with Gasteiger partial charge in [-0.25, -0.2) is 0 Å². The Hall–Kier alpha value is -1.11. The van der Waals surface area contributed by atoms with Crippen LogP contribution < -0.4 is 5.32 Å². The molecule has 0 spiro atoms. The smallest absolute Gasteiger partial charge is 0.226 e. The molecular formula is C14H16ClN3OS2. The Bertz CT molecular complexity index is 616. The number of nitrogens with one attached hydrogen (secondary N) is 1. The summed E-state index contributed by atoms with van der Waals surface area (Å²) in [5.74, 6) is 1.08. The molecule has 1 amide bonds. The standard InChI is InChI=1S/C14H16ClN3OS2/c1-9(2)6-12(19)16-13-17-18-14(21-13)20-8-10-4-3-5-11(15)7-10/h3-5,7,9H,6,8H2,1-2H3,(H,16,17,19). The first-order chi connectivity index (χ1) is 10.0. The van der Waals surface area contributed by atoms with Gasteiger partial charge in [-0.15, -0.1) is 10.2 Å². The van der Waals surface area contributed by atoms with E-state index in [4.69, 9.17) is 11.6 Å². The molecule has 2 aromatic rings. The minimum Gasteiger partial charge on any atom is -0.300 e. The summed E-state index contributed by atoms with van der Waals surface area (Å²) in [6, 6.07) is 7.73. The molecule has 0 fully saturated rings. The van der Waals surface area contributed by atoms with Gasteiger partial charge in [0.2, 0.25) is 11.0 Å². The van der Waals surface area contributed by atoms with Crippen molar-refractivity contribution in [2.24, 2.45) is 5.92 Å². The van der Waals surface area contributed by atoms with E-state index in [1.807, 2.05) is 38.1 Å². The lowest BCUT2D eigenvalue weighted by atomic mass is 10.1. The lowest BCUT2D eigenvalue weighted by molar-refractivity contribution is -0.116. The molecule has 2 rings (SSSR count). The Balaban J connectivity index is 1.87. The fourth-order valence-electron chi connectivity index (χ4n) is 1.63. The first-order valence-corrected chi connectivity index (χ1v) is 8.71. The van der Waals surface area contributed by atoms with Gasteiger partial charge < -0.3 is 5.32 Å². The van der Waals surface area contributed by atoms with Crippen LogP contribution >= 0.6 is 34.7 Å². The molecule has 0 aliphatic carbocycles. The zero-order valence-electron chi connectivity index (χ0n) is 11.8. The average molecular weight is 342 g/mol. The second kappa shape index (κ2) is 7.77. The van der Waals surface area contributed by atoms with E-state index in [0.717, 1.165) is 20.7 Å². The highest BCUT2D eigenvalue weighted by molar-refractivity contribution is 8.00. The minimum absolute atomic E-state index is 0.0208. The summed E-state index contributed by atoms with van der Waals surface area (Å²) in [6.45, 7) is 4.01. The molecule has 7 heteroatoms. The topological polar surface area (TPSA) is 54.9 Å². The Morgan fingerprint density at radius 3 is 2.95 bits per heavy atom. The number of thioether (sulfide) groups is 1. The van der Waals surface area contributed by atoms with Crippen LogP contribution in [0.2, 0.25) is 5.02 Å². The van der Waals surface area contributed by atoms with Crippen molar-refractivity contribution in [1.29, 1.82) is 0 Å². The van der Waals surface area contributed by atoms with E-state index >= 15 is 0 Å².